The van der Waals surface area contributed by atoms with Crippen LogP contribution in [0.2, 0.25) is 0 Å². The Hall–Kier alpha value is -1.93. The first-order valence-electron chi connectivity index (χ1n) is 8.21. The van der Waals surface area contributed by atoms with Gasteiger partial charge < -0.3 is 9.84 Å². The Balaban J connectivity index is 2.17. The first-order chi connectivity index (χ1) is 11.8. The number of hydrogen-bond acceptors (Lipinski definition) is 5. The number of unbranched alkanes of at least 4 members (excludes halogenated alkanes) is 1. The van der Waals surface area contributed by atoms with Crippen LogP contribution in [0.5, 0.6) is 0 Å². The molecule has 2 rings (SSSR count). The SMILES string of the molecule is CCCC[C@H](NS(=O)(=O)c1ccc(C2(C(=O)OC)CC2)cc1)C(=O)O. The van der Waals surface area contributed by atoms with E-state index in [1.54, 1.807) is 12.1 Å². The Labute approximate surface area is 147 Å². The third-order valence-corrected chi connectivity index (χ3v) is 5.97. The summed E-state index contributed by atoms with van der Waals surface area (Å²) in [6, 6.07) is 4.79. The normalized spacial score (nSPS) is 16.9. The van der Waals surface area contributed by atoms with Crippen LogP contribution in [0.4, 0.5) is 0 Å². The van der Waals surface area contributed by atoms with E-state index in [-0.39, 0.29) is 17.3 Å². The molecular formula is C17H23NO6S. The third kappa shape index (κ3) is 4.19. The van der Waals surface area contributed by atoms with Crippen LogP contribution in [0.15, 0.2) is 29.2 Å². The number of aliphatic carboxylic acids is 1. The lowest BCUT2D eigenvalue weighted by Crippen LogP contribution is -2.40. The molecule has 1 aromatic rings. The van der Waals surface area contributed by atoms with E-state index in [9.17, 15) is 23.1 Å². The zero-order chi connectivity index (χ0) is 18.7. The van der Waals surface area contributed by atoms with Crippen molar-refractivity contribution in [1.82, 2.24) is 4.72 Å². The van der Waals surface area contributed by atoms with Gasteiger partial charge in [0, 0.05) is 0 Å². The molecule has 8 heteroatoms. The second-order valence-electron chi connectivity index (χ2n) is 6.25. The average Bonchev–Trinajstić information content (AvgIpc) is 3.39. The minimum absolute atomic E-state index is 0.0281. The standard InChI is InChI=1S/C17H23NO6S/c1-3-4-5-14(15(19)20)18-25(22,23)13-8-6-12(7-9-13)17(10-11-17)16(21)24-2/h6-9,14,18H,3-5,10-11H2,1-2H3,(H,19,20)/t14-/m0/s1. The van der Waals surface area contributed by atoms with Gasteiger partial charge in [-0.25, -0.2) is 8.42 Å². The van der Waals surface area contributed by atoms with Gasteiger partial charge in [0.15, 0.2) is 0 Å². The van der Waals surface area contributed by atoms with Crippen LogP contribution in [0.25, 0.3) is 0 Å². The summed E-state index contributed by atoms with van der Waals surface area (Å²) >= 11 is 0. The Kier molecular flexibility index (Phi) is 5.84. The highest BCUT2D eigenvalue weighted by Gasteiger charge is 2.52. The lowest BCUT2D eigenvalue weighted by atomic mass is 9.96. The first kappa shape index (κ1) is 19.4. The van der Waals surface area contributed by atoms with Gasteiger partial charge in [-0.1, -0.05) is 31.9 Å². The predicted octanol–water partition coefficient (Wildman–Crippen LogP) is 1.81. The number of carbonyl (C=O) groups excluding carboxylic acids is 1. The van der Waals surface area contributed by atoms with Crippen LogP contribution in [-0.2, 0) is 29.8 Å². The summed E-state index contributed by atoms with van der Waals surface area (Å²) in [6.45, 7) is 1.90. The molecule has 1 fully saturated rings. The number of esters is 1. The maximum Gasteiger partial charge on any atom is 0.321 e. The molecule has 1 aromatic carbocycles. The van der Waals surface area contributed by atoms with Gasteiger partial charge in [0.25, 0.3) is 0 Å². The zero-order valence-corrected chi connectivity index (χ0v) is 15.1. The van der Waals surface area contributed by atoms with Crippen molar-refractivity contribution in [2.75, 3.05) is 7.11 Å². The Morgan fingerprint density at radius 3 is 2.32 bits per heavy atom. The van der Waals surface area contributed by atoms with Crippen molar-refractivity contribution in [2.45, 2.75) is 55.4 Å². The number of ether oxygens (including phenoxy) is 1. The van der Waals surface area contributed by atoms with Crippen LogP contribution in [0.3, 0.4) is 0 Å². The Bertz CT molecular complexity index is 737. The van der Waals surface area contributed by atoms with Gasteiger partial charge in [0.05, 0.1) is 17.4 Å². The van der Waals surface area contributed by atoms with Crippen molar-refractivity contribution in [3.05, 3.63) is 29.8 Å². The molecule has 0 aliphatic heterocycles. The van der Waals surface area contributed by atoms with Gasteiger partial charge in [0.1, 0.15) is 6.04 Å². The Morgan fingerprint density at radius 1 is 1.28 bits per heavy atom. The molecule has 1 aliphatic rings. The number of carboxylic acid groups (broad SMARTS) is 1. The summed E-state index contributed by atoms with van der Waals surface area (Å²) in [7, 11) is -2.62. The molecule has 1 aliphatic carbocycles. The van der Waals surface area contributed by atoms with E-state index in [0.29, 0.717) is 24.8 Å². The predicted molar refractivity (Wildman–Crippen MR) is 90.6 cm³/mol. The lowest BCUT2D eigenvalue weighted by Gasteiger charge is -2.16. The monoisotopic (exact) mass is 369 g/mol. The van der Waals surface area contributed by atoms with Crippen LogP contribution >= 0.6 is 0 Å². The second kappa shape index (κ2) is 7.53. The molecule has 7 nitrogen and oxygen atoms in total. The highest BCUT2D eigenvalue weighted by Crippen LogP contribution is 2.49. The molecule has 0 spiro atoms. The summed E-state index contributed by atoms with van der Waals surface area (Å²) in [5.74, 6) is -1.52. The van der Waals surface area contributed by atoms with E-state index >= 15 is 0 Å². The van der Waals surface area contributed by atoms with Crippen LogP contribution < -0.4 is 4.72 Å². The molecule has 0 saturated heterocycles. The van der Waals surface area contributed by atoms with Crippen molar-refractivity contribution in [2.24, 2.45) is 0 Å². The summed E-state index contributed by atoms with van der Waals surface area (Å²) in [6.07, 6.45) is 2.95. The fourth-order valence-corrected chi connectivity index (χ4v) is 4.00. The quantitative estimate of drug-likeness (QED) is 0.643. The molecule has 2 N–H and O–H groups in total. The minimum atomic E-state index is -3.95. The van der Waals surface area contributed by atoms with E-state index in [0.717, 1.165) is 6.42 Å². The largest absolute Gasteiger partial charge is 0.480 e. The third-order valence-electron chi connectivity index (χ3n) is 4.49. The molecule has 0 bridgehead atoms. The van der Waals surface area contributed by atoms with Crippen LogP contribution in [-0.4, -0.2) is 38.6 Å². The molecular weight excluding hydrogens is 346 g/mol. The van der Waals surface area contributed by atoms with E-state index in [1.165, 1.54) is 19.2 Å². The van der Waals surface area contributed by atoms with Gasteiger partial charge in [-0.15, -0.1) is 0 Å². The average molecular weight is 369 g/mol. The van der Waals surface area contributed by atoms with E-state index in [4.69, 9.17) is 4.74 Å². The number of hydrogen-bond donors (Lipinski definition) is 2. The molecule has 25 heavy (non-hydrogen) atoms. The zero-order valence-electron chi connectivity index (χ0n) is 14.3. The van der Waals surface area contributed by atoms with Crippen molar-refractivity contribution in [3.63, 3.8) is 0 Å². The van der Waals surface area contributed by atoms with E-state index in [2.05, 4.69) is 4.72 Å². The second-order valence-corrected chi connectivity index (χ2v) is 7.97. The van der Waals surface area contributed by atoms with Gasteiger partial charge >= 0.3 is 11.9 Å². The summed E-state index contributed by atoms with van der Waals surface area (Å²) in [5.41, 5.74) is 0.0360. The van der Waals surface area contributed by atoms with E-state index in [1.807, 2.05) is 6.92 Å². The number of carbonyl (C=O) groups is 2. The molecule has 0 aromatic heterocycles. The number of rotatable bonds is 9. The first-order valence-corrected chi connectivity index (χ1v) is 9.69. The van der Waals surface area contributed by atoms with Crippen LogP contribution in [0.1, 0.15) is 44.6 Å². The van der Waals surface area contributed by atoms with Crippen molar-refractivity contribution < 1.29 is 27.9 Å². The van der Waals surface area contributed by atoms with E-state index < -0.39 is 27.4 Å². The van der Waals surface area contributed by atoms with Gasteiger partial charge in [0.2, 0.25) is 10.0 Å². The fraction of sp³-hybridized carbons (Fsp3) is 0.529. The number of nitrogens with one attached hydrogen (secondary N) is 1. The summed E-state index contributed by atoms with van der Waals surface area (Å²) < 4.78 is 31.9. The van der Waals surface area contributed by atoms with Crippen molar-refractivity contribution in [3.8, 4) is 0 Å². The lowest BCUT2D eigenvalue weighted by molar-refractivity contribution is -0.143. The number of methoxy groups -OCH3 is 1. The molecule has 0 heterocycles. The summed E-state index contributed by atoms with van der Waals surface area (Å²) in [5, 5.41) is 9.18. The summed E-state index contributed by atoms with van der Waals surface area (Å²) in [4.78, 5) is 23.1. The maximum absolute atomic E-state index is 12.4. The Morgan fingerprint density at radius 2 is 1.88 bits per heavy atom. The number of carboxylic acids is 1. The number of sulfonamides is 1. The molecule has 0 amide bonds. The number of benzene rings is 1. The van der Waals surface area contributed by atoms with Gasteiger partial charge in [-0.3, -0.25) is 9.59 Å². The van der Waals surface area contributed by atoms with Crippen molar-refractivity contribution >= 4 is 22.0 Å². The molecule has 0 unspecified atom stereocenters. The highest BCUT2D eigenvalue weighted by molar-refractivity contribution is 7.89. The maximum atomic E-state index is 12.4. The molecule has 1 atom stereocenters. The topological polar surface area (TPSA) is 110 Å². The molecule has 1 saturated carbocycles. The highest BCUT2D eigenvalue weighted by atomic mass is 32.2. The van der Waals surface area contributed by atoms with Crippen molar-refractivity contribution in [1.29, 1.82) is 0 Å². The minimum Gasteiger partial charge on any atom is -0.480 e. The molecule has 138 valence electrons. The van der Waals surface area contributed by atoms with Gasteiger partial charge in [-0.05, 0) is 37.0 Å². The fourth-order valence-electron chi connectivity index (χ4n) is 2.78. The van der Waals surface area contributed by atoms with Crippen LogP contribution in [0, 0.1) is 0 Å². The van der Waals surface area contributed by atoms with Gasteiger partial charge in [-0.2, -0.15) is 4.72 Å². The molecule has 0 radical (unpaired) electrons. The smallest absolute Gasteiger partial charge is 0.321 e.